The number of halogens is 2. The molecule has 1 N–H and O–H groups in total. The Morgan fingerprint density at radius 3 is 2.20 bits per heavy atom. The van der Waals surface area contributed by atoms with E-state index >= 15 is 0 Å². The van der Waals surface area contributed by atoms with Crippen LogP contribution in [0.5, 0.6) is 0 Å². The molecule has 1 aliphatic heterocycles. The second-order valence-electron chi connectivity index (χ2n) is 3.20. The predicted molar refractivity (Wildman–Crippen MR) is 47.6 cm³/mol. The Kier molecular flexibility index (Phi) is 2.58. The molecule has 1 saturated heterocycles. The first-order chi connectivity index (χ1) is 4.45. The fourth-order valence-electron chi connectivity index (χ4n) is 1.10. The quantitative estimate of drug-likeness (QED) is 0.385. The van der Waals surface area contributed by atoms with Crippen molar-refractivity contribution in [2.45, 2.75) is 24.9 Å². The summed E-state index contributed by atoms with van der Waals surface area (Å²) in [5.41, 5.74) is 0.0397. The van der Waals surface area contributed by atoms with Crippen LogP contribution >= 0.6 is 21.6 Å². The number of nitrogens with one attached hydrogen (secondary N) is 1. The van der Waals surface area contributed by atoms with Gasteiger partial charge < -0.3 is 0 Å². The molecule has 10 heavy (non-hydrogen) atoms. The first-order valence-corrected chi connectivity index (χ1v) is 9.14. The third kappa shape index (κ3) is 1.46. The first-order valence-electron chi connectivity index (χ1n) is 3.23. The fourth-order valence-corrected chi connectivity index (χ4v) is 7.63. The van der Waals surface area contributed by atoms with Gasteiger partial charge in [0.15, 0.2) is 0 Å². The van der Waals surface area contributed by atoms with E-state index in [2.05, 4.69) is 22.0 Å². The zero-order valence-electron chi connectivity index (χ0n) is 6.36. The summed E-state index contributed by atoms with van der Waals surface area (Å²) < 4.78 is 5.42. The van der Waals surface area contributed by atoms with Crippen LogP contribution < -0.4 is 4.27 Å². The molecule has 5 heteroatoms. The topological polar surface area (TPSA) is 15.3 Å². The van der Waals surface area contributed by atoms with Gasteiger partial charge in [0.1, 0.15) is 0 Å². The normalized spacial score (nSPS) is 40.5. The first kappa shape index (κ1) is 9.13. The standard InChI is InChI=1S/C5H12Cl2GeN2/c1-5(2)4(6)10(3)8(7)9-5/h4,8-9H,1-3H3. The van der Waals surface area contributed by atoms with Crippen molar-refractivity contribution in [2.75, 3.05) is 7.05 Å². The Balaban J connectivity index is 2.71. The van der Waals surface area contributed by atoms with Crippen LogP contribution in [0.25, 0.3) is 0 Å². The van der Waals surface area contributed by atoms with Gasteiger partial charge in [0, 0.05) is 0 Å². The van der Waals surface area contributed by atoms with Gasteiger partial charge in [0.25, 0.3) is 0 Å². The molecular formula is C5H12Cl2GeN2. The molecule has 0 amide bonds. The van der Waals surface area contributed by atoms with Gasteiger partial charge in [0.2, 0.25) is 0 Å². The summed E-state index contributed by atoms with van der Waals surface area (Å²) in [6, 6.07) is 0. The van der Waals surface area contributed by atoms with Gasteiger partial charge in [-0.1, -0.05) is 0 Å². The average Bonchev–Trinajstić information content (AvgIpc) is 1.95. The molecule has 0 saturated carbocycles. The van der Waals surface area contributed by atoms with E-state index in [-0.39, 0.29) is 11.0 Å². The molecule has 0 radical (unpaired) electrons. The summed E-state index contributed by atoms with van der Waals surface area (Å²) in [5, 5.41) is 0. The molecule has 1 fully saturated rings. The molecule has 1 heterocycles. The second kappa shape index (κ2) is 2.83. The van der Waals surface area contributed by atoms with Crippen LogP contribution in [0.2, 0.25) is 0 Å². The van der Waals surface area contributed by atoms with Crippen molar-refractivity contribution in [1.29, 1.82) is 0 Å². The summed E-state index contributed by atoms with van der Waals surface area (Å²) in [6.45, 7) is 4.16. The van der Waals surface area contributed by atoms with Gasteiger partial charge in [0.05, 0.1) is 0 Å². The summed E-state index contributed by atoms with van der Waals surface area (Å²) in [4.78, 5) is 0. The fraction of sp³-hybridized carbons (Fsp3) is 1.00. The zero-order chi connectivity index (χ0) is 7.94. The van der Waals surface area contributed by atoms with E-state index in [9.17, 15) is 0 Å². The van der Waals surface area contributed by atoms with Crippen molar-refractivity contribution in [3.05, 3.63) is 0 Å². The Morgan fingerprint density at radius 1 is 1.60 bits per heavy atom. The maximum absolute atomic E-state index is 6.08. The molecule has 2 atom stereocenters. The second-order valence-corrected chi connectivity index (χ2v) is 9.49. The minimum atomic E-state index is -1.84. The van der Waals surface area contributed by atoms with Crippen LogP contribution in [-0.4, -0.2) is 35.8 Å². The van der Waals surface area contributed by atoms with Crippen LogP contribution in [0, 0.1) is 0 Å². The van der Waals surface area contributed by atoms with Crippen LogP contribution in [0.1, 0.15) is 13.8 Å². The van der Waals surface area contributed by atoms with E-state index in [1.54, 1.807) is 0 Å². The Bertz CT molecular complexity index is 142. The molecule has 0 aliphatic carbocycles. The van der Waals surface area contributed by atoms with E-state index in [4.69, 9.17) is 21.6 Å². The molecule has 60 valence electrons. The van der Waals surface area contributed by atoms with Crippen molar-refractivity contribution < 1.29 is 0 Å². The molecule has 0 bridgehead atoms. The SMILES string of the molecule is C[N]1C(Cl)C(C)(C)[NH][GeH]1[Cl]. The third-order valence-corrected chi connectivity index (χ3v) is 9.41. The van der Waals surface area contributed by atoms with Gasteiger partial charge in [-0.05, 0) is 0 Å². The summed E-state index contributed by atoms with van der Waals surface area (Å²) >= 11 is 4.23. The number of hydrogen-bond donors (Lipinski definition) is 1. The Morgan fingerprint density at radius 2 is 2.10 bits per heavy atom. The Labute approximate surface area is 75.6 Å². The molecule has 2 unspecified atom stereocenters. The van der Waals surface area contributed by atoms with Crippen LogP contribution in [0.15, 0.2) is 0 Å². The van der Waals surface area contributed by atoms with Crippen LogP contribution in [0.3, 0.4) is 0 Å². The molecule has 0 spiro atoms. The zero-order valence-corrected chi connectivity index (χ0v) is 10.3. The molecular weight excluding hydrogens is 232 g/mol. The van der Waals surface area contributed by atoms with Crippen molar-refractivity contribution >= 4 is 35.5 Å². The van der Waals surface area contributed by atoms with Gasteiger partial charge in [-0.2, -0.15) is 0 Å². The van der Waals surface area contributed by atoms with Crippen molar-refractivity contribution in [3.8, 4) is 0 Å². The van der Waals surface area contributed by atoms with Gasteiger partial charge in [-0.3, -0.25) is 0 Å². The van der Waals surface area contributed by atoms with Crippen molar-refractivity contribution in [2.24, 2.45) is 0 Å². The number of likely N-dealkylation sites (N-methyl/N-ethyl adjacent to an activating group) is 1. The molecule has 2 nitrogen and oxygen atoms in total. The predicted octanol–water partition coefficient (Wildman–Crippen LogP) is 0.821. The van der Waals surface area contributed by atoms with Gasteiger partial charge >= 0.3 is 75.5 Å². The summed E-state index contributed by atoms with van der Waals surface area (Å²) in [7, 11) is 8.04. The minimum absolute atomic E-state index is 0.0112. The summed E-state index contributed by atoms with van der Waals surface area (Å²) in [5.74, 6) is 0. The van der Waals surface area contributed by atoms with Crippen molar-refractivity contribution in [1.82, 2.24) is 8.13 Å². The molecule has 1 rings (SSSR count). The van der Waals surface area contributed by atoms with E-state index < -0.39 is 13.9 Å². The maximum atomic E-state index is 6.08. The van der Waals surface area contributed by atoms with Crippen LogP contribution in [-0.2, 0) is 0 Å². The molecule has 0 aromatic heterocycles. The monoisotopic (exact) mass is 244 g/mol. The third-order valence-electron chi connectivity index (χ3n) is 1.80. The van der Waals surface area contributed by atoms with E-state index in [1.807, 2.05) is 7.05 Å². The number of alkyl halides is 1. The summed E-state index contributed by atoms with van der Waals surface area (Å²) in [6.07, 6.45) is 0. The van der Waals surface area contributed by atoms with Gasteiger partial charge in [-0.15, -0.1) is 0 Å². The van der Waals surface area contributed by atoms with Crippen LogP contribution in [0.4, 0.5) is 0 Å². The van der Waals surface area contributed by atoms with E-state index in [1.165, 1.54) is 0 Å². The van der Waals surface area contributed by atoms with E-state index in [0.29, 0.717) is 0 Å². The Hall–Kier alpha value is 1.04. The number of nitrogens with zero attached hydrogens (tertiary/aromatic N) is 1. The number of rotatable bonds is 0. The van der Waals surface area contributed by atoms with Gasteiger partial charge in [-0.25, -0.2) is 0 Å². The van der Waals surface area contributed by atoms with Crippen molar-refractivity contribution in [3.63, 3.8) is 0 Å². The van der Waals surface area contributed by atoms with E-state index in [0.717, 1.165) is 0 Å². The molecule has 0 aromatic rings. The molecule has 1 aliphatic rings. The number of hydrogen-bond acceptors (Lipinski definition) is 2. The molecule has 0 aromatic carbocycles. The average molecular weight is 244 g/mol.